The molecule has 7 heteroatoms. The number of rotatable bonds is 4. The molecule has 1 unspecified atom stereocenters. The van der Waals surface area contributed by atoms with Gasteiger partial charge >= 0.3 is 21.7 Å². The van der Waals surface area contributed by atoms with E-state index < -0.39 is 13.1 Å². The van der Waals surface area contributed by atoms with Gasteiger partial charge in [0.15, 0.2) is 0 Å². The zero-order valence-electron chi connectivity index (χ0n) is 21.2. The summed E-state index contributed by atoms with van der Waals surface area (Å²) in [7, 11) is -2.89. The van der Waals surface area contributed by atoms with Gasteiger partial charge in [-0.1, -0.05) is 79.4 Å². The minimum atomic E-state index is -2.89. The van der Waals surface area contributed by atoms with Gasteiger partial charge in [0.25, 0.3) is 0 Å². The average Bonchev–Trinajstić information content (AvgIpc) is 2.94. The summed E-state index contributed by atoms with van der Waals surface area (Å²) in [6.45, 7) is 12.9. The minimum Gasteiger partial charge on any atom is -1.00 e. The summed E-state index contributed by atoms with van der Waals surface area (Å²) >= 11 is 0. The maximum Gasteiger partial charge on any atom is 4.00 e. The van der Waals surface area contributed by atoms with E-state index in [0.717, 1.165) is 15.9 Å². The summed E-state index contributed by atoms with van der Waals surface area (Å²) in [5, 5.41) is 2.99. The Morgan fingerprint density at radius 3 is 1.36 bits per heavy atom. The number of benzene rings is 3. The molecular weight excluding hydrogens is 569 g/mol. The van der Waals surface area contributed by atoms with Gasteiger partial charge in [0, 0.05) is 0 Å². The quantitative estimate of drug-likeness (QED) is 0.170. The van der Waals surface area contributed by atoms with Crippen molar-refractivity contribution in [2.45, 2.75) is 46.6 Å². The van der Waals surface area contributed by atoms with Crippen LogP contribution in [-0.4, -0.2) is 8.07 Å². The molecule has 0 radical (unpaired) electrons. The Balaban J connectivity index is 0.00000306. The van der Waals surface area contributed by atoms with E-state index in [4.69, 9.17) is 0 Å². The van der Waals surface area contributed by atoms with E-state index in [0.29, 0.717) is 0 Å². The Kier molecular flexibility index (Phi) is 12.6. The van der Waals surface area contributed by atoms with Crippen molar-refractivity contribution in [1.29, 1.82) is 0 Å². The van der Waals surface area contributed by atoms with Gasteiger partial charge in [0.05, 0.1) is 0 Å². The van der Waals surface area contributed by atoms with Gasteiger partial charge in [-0.2, -0.15) is 11.1 Å². The Hall–Kier alpha value is -1.20. The number of allylic oxidation sites excluding steroid dienone is 4. The van der Waals surface area contributed by atoms with Crippen LogP contribution >= 0.6 is 0 Å². The van der Waals surface area contributed by atoms with Crippen molar-refractivity contribution in [3.05, 3.63) is 112 Å². The topological polar surface area (TPSA) is 0 Å². The molecule has 0 aromatic heterocycles. The first-order valence-corrected chi connectivity index (χ1v) is 13.0. The molecule has 0 nitrogen and oxygen atoms in total. The van der Waals surface area contributed by atoms with E-state index in [1.54, 1.807) is 24.3 Å². The molecule has 1 aliphatic rings. The fraction of sp³-hybridized carbons (Fsp3) is 0.241. The predicted molar refractivity (Wildman–Crippen MR) is 133 cm³/mol. The predicted octanol–water partition coefficient (Wildman–Crippen LogP) is -3.08. The van der Waals surface area contributed by atoms with Crippen LogP contribution in [0.1, 0.15) is 38.8 Å². The third-order valence-electron chi connectivity index (χ3n) is 7.27. The zero-order chi connectivity index (χ0) is 23.3. The number of aryl methyl sites for hydroxylation is 2. The van der Waals surface area contributed by atoms with E-state index in [2.05, 4.69) is 65.8 Å². The molecule has 0 N–H and O–H groups in total. The van der Waals surface area contributed by atoms with Crippen LogP contribution in [0.3, 0.4) is 0 Å². The summed E-state index contributed by atoms with van der Waals surface area (Å²) in [4.78, 5) is 0. The van der Waals surface area contributed by atoms with Crippen LogP contribution < -0.4 is 52.8 Å². The van der Waals surface area contributed by atoms with Crippen molar-refractivity contribution in [3.8, 4) is 0 Å². The van der Waals surface area contributed by atoms with Crippen molar-refractivity contribution in [2.24, 2.45) is 0 Å². The maximum atomic E-state index is 14.1. The van der Waals surface area contributed by atoms with Crippen LogP contribution in [0, 0.1) is 31.6 Å². The first-order valence-electron chi connectivity index (χ1n) is 11.0. The second-order valence-corrected chi connectivity index (χ2v) is 13.5. The van der Waals surface area contributed by atoms with Crippen LogP contribution in [0.15, 0.2) is 83.4 Å². The molecule has 1 atom stereocenters. The van der Waals surface area contributed by atoms with Crippen molar-refractivity contribution in [2.75, 3.05) is 0 Å². The van der Waals surface area contributed by atoms with Gasteiger partial charge in [-0.25, -0.2) is 14.4 Å². The standard InChI is InChI=1S/C29H29F2Si.3ClH.Ti/c1-19-15-20(2)17-28(16-19)32(26-11-7-24(30)8-12-26,27-13-9-25(31)10-14-27)29(6)18-21(3)22(4)23(29)5;;;;/h7-17H,1-6H3;3*1H;/q-1;;;;+4/p-3. The molecule has 0 bridgehead atoms. The number of halogens is 5. The van der Waals surface area contributed by atoms with Crippen LogP contribution in [-0.2, 0) is 21.7 Å². The molecule has 4 rings (SSSR count). The molecule has 0 fully saturated rings. The van der Waals surface area contributed by atoms with Crippen molar-refractivity contribution in [1.82, 2.24) is 0 Å². The number of hydrogen-bond donors (Lipinski definition) is 0. The molecule has 3 aromatic carbocycles. The Labute approximate surface area is 248 Å². The SMILES string of the molecule is CC1=[C-]C(C)([Si](c2ccc(F)cc2)(c2ccc(F)cc2)c2cc(C)cc(C)c2)C(C)=C1C.[Cl-].[Cl-].[Cl-].[Ti+4]. The molecule has 3 aromatic rings. The molecular formula is C29H29Cl3F2SiTi. The molecule has 36 heavy (non-hydrogen) atoms. The third kappa shape index (κ3) is 5.62. The van der Waals surface area contributed by atoms with E-state index in [1.165, 1.54) is 27.5 Å². The summed E-state index contributed by atoms with van der Waals surface area (Å²) in [5.41, 5.74) is 6.03. The van der Waals surface area contributed by atoms with Crippen LogP contribution in [0.25, 0.3) is 0 Å². The first kappa shape index (κ1) is 34.8. The molecule has 0 saturated carbocycles. The van der Waals surface area contributed by atoms with Gasteiger partial charge in [-0.15, -0.1) is 6.92 Å². The van der Waals surface area contributed by atoms with E-state index >= 15 is 0 Å². The fourth-order valence-corrected chi connectivity index (χ4v) is 11.6. The molecule has 0 spiro atoms. The van der Waals surface area contributed by atoms with Crippen molar-refractivity contribution < 1.29 is 67.7 Å². The smallest absolute Gasteiger partial charge is 1.00 e. The summed E-state index contributed by atoms with van der Waals surface area (Å²) < 4.78 is 28.1. The maximum absolute atomic E-state index is 14.1. The normalized spacial score (nSPS) is 16.7. The molecule has 0 saturated heterocycles. The Bertz CT molecular complexity index is 1190. The minimum absolute atomic E-state index is 0. The molecule has 0 amide bonds. The van der Waals surface area contributed by atoms with Crippen molar-refractivity contribution in [3.63, 3.8) is 0 Å². The average molecular weight is 598 g/mol. The van der Waals surface area contributed by atoms with Crippen molar-refractivity contribution >= 4 is 23.6 Å². The first-order chi connectivity index (χ1) is 15.1. The van der Waals surface area contributed by atoms with Gasteiger partial charge in [0.2, 0.25) is 0 Å². The van der Waals surface area contributed by atoms with Gasteiger partial charge < -0.3 is 37.2 Å². The summed E-state index contributed by atoms with van der Waals surface area (Å²) in [6, 6.07) is 20.6. The van der Waals surface area contributed by atoms with Crippen LogP contribution in [0.5, 0.6) is 0 Å². The second kappa shape index (κ2) is 13.0. The van der Waals surface area contributed by atoms with Gasteiger partial charge in [0.1, 0.15) is 19.7 Å². The fourth-order valence-electron chi connectivity index (χ4n) is 5.55. The molecule has 1 aliphatic carbocycles. The molecule has 188 valence electrons. The van der Waals surface area contributed by atoms with Gasteiger partial charge in [-0.05, 0) is 53.7 Å². The van der Waals surface area contributed by atoms with Crippen LogP contribution in [0.2, 0.25) is 5.04 Å². The van der Waals surface area contributed by atoms with Crippen LogP contribution in [0.4, 0.5) is 8.78 Å². The number of hydrogen-bond acceptors (Lipinski definition) is 0. The van der Waals surface area contributed by atoms with E-state index in [1.807, 2.05) is 24.3 Å². The van der Waals surface area contributed by atoms with E-state index in [9.17, 15) is 8.78 Å². The monoisotopic (exact) mass is 596 g/mol. The largest absolute Gasteiger partial charge is 4.00 e. The zero-order valence-corrected chi connectivity index (χ0v) is 26.1. The third-order valence-corrected chi connectivity index (χ3v) is 12.8. The Morgan fingerprint density at radius 1 is 0.639 bits per heavy atom. The summed E-state index contributed by atoms with van der Waals surface area (Å²) in [6.07, 6.45) is 3.85. The van der Waals surface area contributed by atoms with Gasteiger partial charge in [-0.3, -0.25) is 6.08 Å². The molecule has 0 aliphatic heterocycles. The second-order valence-electron chi connectivity index (χ2n) is 9.27. The summed E-state index contributed by atoms with van der Waals surface area (Å²) in [5.74, 6) is -0.515. The van der Waals surface area contributed by atoms with E-state index in [-0.39, 0.29) is 70.6 Å². The molecule has 0 heterocycles. The Morgan fingerprint density at radius 2 is 1.03 bits per heavy atom.